The summed E-state index contributed by atoms with van der Waals surface area (Å²) < 4.78 is 0. The summed E-state index contributed by atoms with van der Waals surface area (Å²) in [4.78, 5) is 27.2. The maximum Gasteiger partial charge on any atom is 0.242 e. The standard InChI is InChI=1S/C21H22Cl4N2O2/c1-12(2)26-21(29)13(3)27(11-15-5-7-17(23)10-19(15)25)20(28)8-14-4-6-16(22)9-18(14)24/h4-7,9-10,12-13H,8,11H2,1-3H3,(H,26,29). The third-order valence-electron chi connectivity index (χ3n) is 4.31. The summed E-state index contributed by atoms with van der Waals surface area (Å²) in [7, 11) is 0. The molecular formula is C21H22Cl4N2O2. The SMILES string of the molecule is CC(C)NC(=O)C(C)N(Cc1ccc(Cl)cc1Cl)C(=O)Cc1ccc(Cl)cc1Cl. The Bertz CT molecular complexity index is 902. The van der Waals surface area contributed by atoms with Gasteiger partial charge in [0.15, 0.2) is 0 Å². The van der Waals surface area contributed by atoms with Crippen molar-refractivity contribution in [2.24, 2.45) is 0 Å². The van der Waals surface area contributed by atoms with Gasteiger partial charge in [-0.25, -0.2) is 0 Å². The molecule has 0 aromatic heterocycles. The van der Waals surface area contributed by atoms with Crippen molar-refractivity contribution >= 4 is 58.2 Å². The summed E-state index contributed by atoms with van der Waals surface area (Å²) in [6.07, 6.45) is 0.0283. The lowest BCUT2D eigenvalue weighted by Crippen LogP contribution is -2.49. The van der Waals surface area contributed by atoms with Crippen LogP contribution in [0.5, 0.6) is 0 Å². The second kappa shape index (κ2) is 10.5. The third-order valence-corrected chi connectivity index (χ3v) is 5.48. The number of carbonyl (C=O) groups is 2. The van der Waals surface area contributed by atoms with Crippen molar-refractivity contribution < 1.29 is 9.59 Å². The van der Waals surface area contributed by atoms with Crippen LogP contribution >= 0.6 is 46.4 Å². The zero-order valence-electron chi connectivity index (χ0n) is 16.3. The van der Waals surface area contributed by atoms with E-state index in [9.17, 15) is 9.59 Å². The van der Waals surface area contributed by atoms with Crippen molar-refractivity contribution in [3.05, 3.63) is 67.6 Å². The van der Waals surface area contributed by atoms with E-state index >= 15 is 0 Å². The number of hydrogen-bond donors (Lipinski definition) is 1. The summed E-state index contributed by atoms with van der Waals surface area (Å²) in [5, 5.41) is 4.65. The largest absolute Gasteiger partial charge is 0.352 e. The predicted octanol–water partition coefficient (Wildman–Crippen LogP) is 5.78. The lowest BCUT2D eigenvalue weighted by atomic mass is 10.1. The molecule has 2 aromatic rings. The molecule has 4 nitrogen and oxygen atoms in total. The Morgan fingerprint density at radius 3 is 1.90 bits per heavy atom. The quantitative estimate of drug-likeness (QED) is 0.551. The summed E-state index contributed by atoms with van der Waals surface area (Å²) in [5.74, 6) is -0.507. The summed E-state index contributed by atoms with van der Waals surface area (Å²) in [6.45, 7) is 5.57. The average molecular weight is 476 g/mol. The zero-order valence-corrected chi connectivity index (χ0v) is 19.3. The van der Waals surface area contributed by atoms with Crippen LogP contribution in [0.4, 0.5) is 0 Å². The minimum atomic E-state index is -0.706. The molecule has 0 bridgehead atoms. The van der Waals surface area contributed by atoms with Crippen molar-refractivity contribution in [2.75, 3.05) is 0 Å². The maximum atomic E-state index is 13.1. The molecule has 0 aliphatic carbocycles. The number of nitrogens with one attached hydrogen (secondary N) is 1. The van der Waals surface area contributed by atoms with Crippen LogP contribution in [0.2, 0.25) is 20.1 Å². The average Bonchev–Trinajstić information content (AvgIpc) is 2.62. The van der Waals surface area contributed by atoms with Gasteiger partial charge in [-0.3, -0.25) is 9.59 Å². The smallest absolute Gasteiger partial charge is 0.242 e. The van der Waals surface area contributed by atoms with Gasteiger partial charge in [-0.15, -0.1) is 0 Å². The highest BCUT2D eigenvalue weighted by Gasteiger charge is 2.27. The monoisotopic (exact) mass is 474 g/mol. The normalized spacial score (nSPS) is 12.0. The molecule has 0 aliphatic rings. The van der Waals surface area contributed by atoms with Crippen molar-refractivity contribution in [1.29, 1.82) is 0 Å². The van der Waals surface area contributed by atoms with Crippen LogP contribution in [-0.2, 0) is 22.6 Å². The predicted molar refractivity (Wildman–Crippen MR) is 120 cm³/mol. The minimum Gasteiger partial charge on any atom is -0.352 e. The molecule has 1 N–H and O–H groups in total. The highest BCUT2D eigenvalue weighted by molar-refractivity contribution is 6.35. The number of rotatable bonds is 7. The molecule has 0 heterocycles. The van der Waals surface area contributed by atoms with E-state index in [0.29, 0.717) is 31.2 Å². The van der Waals surface area contributed by atoms with Gasteiger partial charge in [-0.2, -0.15) is 0 Å². The molecule has 29 heavy (non-hydrogen) atoms. The molecular weight excluding hydrogens is 454 g/mol. The van der Waals surface area contributed by atoms with Gasteiger partial charge in [0.25, 0.3) is 0 Å². The molecule has 0 fully saturated rings. The van der Waals surface area contributed by atoms with Gasteiger partial charge in [0, 0.05) is 32.7 Å². The number of amides is 2. The molecule has 1 unspecified atom stereocenters. The van der Waals surface area contributed by atoms with Crippen LogP contribution in [0.15, 0.2) is 36.4 Å². The van der Waals surface area contributed by atoms with Gasteiger partial charge in [-0.1, -0.05) is 58.5 Å². The van der Waals surface area contributed by atoms with Crippen LogP contribution < -0.4 is 5.32 Å². The fourth-order valence-corrected chi connectivity index (χ4v) is 3.69. The van der Waals surface area contributed by atoms with E-state index in [-0.39, 0.29) is 30.8 Å². The van der Waals surface area contributed by atoms with Crippen LogP contribution in [0.25, 0.3) is 0 Å². The Hall–Kier alpha value is -1.46. The second-order valence-electron chi connectivity index (χ2n) is 7.01. The Kier molecular flexibility index (Phi) is 8.65. The number of hydrogen-bond acceptors (Lipinski definition) is 2. The van der Waals surface area contributed by atoms with E-state index in [0.717, 1.165) is 0 Å². The van der Waals surface area contributed by atoms with E-state index in [1.54, 1.807) is 43.3 Å². The molecule has 0 saturated heterocycles. The van der Waals surface area contributed by atoms with Crippen molar-refractivity contribution in [1.82, 2.24) is 10.2 Å². The van der Waals surface area contributed by atoms with Crippen molar-refractivity contribution in [3.8, 4) is 0 Å². The highest BCUT2D eigenvalue weighted by Crippen LogP contribution is 2.25. The van der Waals surface area contributed by atoms with Crippen LogP contribution in [0.1, 0.15) is 31.9 Å². The molecule has 1 atom stereocenters. The summed E-state index contributed by atoms with van der Waals surface area (Å²) >= 11 is 24.4. The first-order valence-electron chi connectivity index (χ1n) is 9.06. The molecule has 2 aromatic carbocycles. The maximum absolute atomic E-state index is 13.1. The van der Waals surface area contributed by atoms with E-state index < -0.39 is 6.04 Å². The fourth-order valence-electron chi connectivity index (χ4n) is 2.75. The number of halogens is 4. The Morgan fingerprint density at radius 1 is 0.897 bits per heavy atom. The van der Waals surface area contributed by atoms with Gasteiger partial charge < -0.3 is 10.2 Å². The first kappa shape index (κ1) is 23.8. The topological polar surface area (TPSA) is 49.4 Å². The Morgan fingerprint density at radius 2 is 1.41 bits per heavy atom. The van der Waals surface area contributed by atoms with Gasteiger partial charge in [0.2, 0.25) is 11.8 Å². The van der Waals surface area contributed by atoms with E-state index in [1.807, 2.05) is 13.8 Å². The molecule has 0 spiro atoms. The fraction of sp³-hybridized carbons (Fsp3) is 0.333. The lowest BCUT2D eigenvalue weighted by Gasteiger charge is -2.30. The van der Waals surface area contributed by atoms with Gasteiger partial charge in [0.1, 0.15) is 6.04 Å². The van der Waals surface area contributed by atoms with Crippen LogP contribution in [-0.4, -0.2) is 28.8 Å². The number of benzene rings is 2. The van der Waals surface area contributed by atoms with Gasteiger partial charge in [-0.05, 0) is 56.2 Å². The first-order valence-corrected chi connectivity index (χ1v) is 10.6. The summed E-state index contributed by atoms with van der Waals surface area (Å²) in [6, 6.07) is 9.25. The first-order chi connectivity index (χ1) is 13.6. The van der Waals surface area contributed by atoms with Crippen molar-refractivity contribution in [3.63, 3.8) is 0 Å². The molecule has 2 rings (SSSR count). The highest BCUT2D eigenvalue weighted by atomic mass is 35.5. The second-order valence-corrected chi connectivity index (χ2v) is 8.70. The third kappa shape index (κ3) is 6.78. The Balaban J connectivity index is 2.31. The Labute approximate surface area is 191 Å². The summed E-state index contributed by atoms with van der Waals surface area (Å²) in [5.41, 5.74) is 1.32. The lowest BCUT2D eigenvalue weighted by molar-refractivity contribution is -0.140. The molecule has 0 radical (unpaired) electrons. The molecule has 2 amide bonds. The van der Waals surface area contributed by atoms with E-state index in [2.05, 4.69) is 5.32 Å². The van der Waals surface area contributed by atoms with E-state index in [4.69, 9.17) is 46.4 Å². The molecule has 8 heteroatoms. The van der Waals surface area contributed by atoms with Gasteiger partial charge >= 0.3 is 0 Å². The van der Waals surface area contributed by atoms with Crippen LogP contribution in [0, 0.1) is 0 Å². The van der Waals surface area contributed by atoms with Crippen LogP contribution in [0.3, 0.4) is 0 Å². The number of nitrogens with zero attached hydrogens (tertiary/aromatic N) is 1. The minimum absolute atomic E-state index is 0.0283. The molecule has 0 saturated carbocycles. The number of carbonyl (C=O) groups excluding carboxylic acids is 2. The van der Waals surface area contributed by atoms with Crippen molar-refractivity contribution in [2.45, 2.75) is 45.8 Å². The van der Waals surface area contributed by atoms with Gasteiger partial charge in [0.05, 0.1) is 6.42 Å². The zero-order chi connectivity index (χ0) is 21.7. The van der Waals surface area contributed by atoms with E-state index in [1.165, 1.54) is 4.90 Å². The molecule has 0 aliphatic heterocycles. The molecule has 156 valence electrons.